The highest BCUT2D eigenvalue weighted by atomic mass is 79.9. The number of benzene rings is 1. The summed E-state index contributed by atoms with van der Waals surface area (Å²) in [6, 6.07) is 1.74. The molecule has 0 N–H and O–H groups in total. The molecule has 1 rings (SSSR count). The summed E-state index contributed by atoms with van der Waals surface area (Å²) in [5.41, 5.74) is -1.06. The third kappa shape index (κ3) is 2.49. The standard InChI is InChI=1S/C9H5BrClF3O2/c1-16-8(15)4-2-3-5(9(12,13)14)6(10)7(4)11/h2-3H,1H3. The maximum Gasteiger partial charge on any atom is 0.417 e. The minimum atomic E-state index is -4.53. The summed E-state index contributed by atoms with van der Waals surface area (Å²) in [6.45, 7) is 0. The minimum Gasteiger partial charge on any atom is -0.465 e. The Morgan fingerprint density at radius 3 is 2.44 bits per heavy atom. The number of carbonyl (C=O) groups excluding carboxylic acids is 1. The van der Waals surface area contributed by atoms with Crippen LogP contribution in [0.5, 0.6) is 0 Å². The molecule has 0 aliphatic carbocycles. The van der Waals surface area contributed by atoms with E-state index in [1.165, 1.54) is 0 Å². The number of halogens is 5. The van der Waals surface area contributed by atoms with Crippen LogP contribution in [0.2, 0.25) is 5.02 Å². The molecule has 0 saturated carbocycles. The van der Waals surface area contributed by atoms with Crippen LogP contribution in [0, 0.1) is 0 Å². The first-order chi connectivity index (χ1) is 7.29. The molecule has 1 aromatic rings. The van der Waals surface area contributed by atoms with Crippen molar-refractivity contribution in [2.45, 2.75) is 6.18 Å². The highest BCUT2D eigenvalue weighted by Crippen LogP contribution is 2.39. The molecule has 0 aliphatic heterocycles. The number of hydrogen-bond acceptors (Lipinski definition) is 2. The Morgan fingerprint density at radius 2 is 2.00 bits per heavy atom. The topological polar surface area (TPSA) is 26.3 Å². The summed E-state index contributed by atoms with van der Waals surface area (Å²) in [4.78, 5) is 11.1. The second kappa shape index (κ2) is 4.63. The van der Waals surface area contributed by atoms with Gasteiger partial charge in [0.2, 0.25) is 0 Å². The minimum absolute atomic E-state index is 0.121. The molecule has 0 heterocycles. The van der Waals surface area contributed by atoms with Gasteiger partial charge in [0.25, 0.3) is 0 Å². The summed E-state index contributed by atoms with van der Waals surface area (Å²) < 4.78 is 41.3. The van der Waals surface area contributed by atoms with Crippen molar-refractivity contribution in [2.75, 3.05) is 7.11 Å². The van der Waals surface area contributed by atoms with Crippen molar-refractivity contribution in [1.29, 1.82) is 0 Å². The molecule has 16 heavy (non-hydrogen) atoms. The van der Waals surface area contributed by atoms with Gasteiger partial charge in [0.05, 0.1) is 23.3 Å². The summed E-state index contributed by atoms with van der Waals surface area (Å²) >= 11 is 8.33. The molecular formula is C9H5BrClF3O2. The first-order valence-electron chi connectivity index (χ1n) is 3.92. The SMILES string of the molecule is COC(=O)c1ccc(C(F)(F)F)c(Br)c1Cl. The molecule has 0 bridgehead atoms. The average Bonchev–Trinajstić information content (AvgIpc) is 2.19. The zero-order valence-corrected chi connectivity index (χ0v) is 10.2. The lowest BCUT2D eigenvalue weighted by molar-refractivity contribution is -0.138. The third-order valence-electron chi connectivity index (χ3n) is 1.79. The van der Waals surface area contributed by atoms with E-state index in [1.54, 1.807) is 0 Å². The number of alkyl halides is 3. The Hall–Kier alpha value is -0.750. The second-order valence-corrected chi connectivity index (χ2v) is 3.95. The van der Waals surface area contributed by atoms with Crippen LogP contribution in [0.25, 0.3) is 0 Å². The van der Waals surface area contributed by atoms with Gasteiger partial charge in [-0.1, -0.05) is 11.6 Å². The van der Waals surface area contributed by atoms with Crippen LogP contribution < -0.4 is 0 Å². The molecule has 7 heteroatoms. The summed E-state index contributed by atoms with van der Waals surface area (Å²) in [5, 5.41) is -0.318. The molecule has 0 radical (unpaired) electrons. The van der Waals surface area contributed by atoms with Crippen LogP contribution >= 0.6 is 27.5 Å². The lowest BCUT2D eigenvalue weighted by Gasteiger charge is -2.12. The highest BCUT2D eigenvalue weighted by molar-refractivity contribution is 9.10. The number of esters is 1. The van der Waals surface area contributed by atoms with Gasteiger partial charge in [-0.3, -0.25) is 0 Å². The summed E-state index contributed by atoms with van der Waals surface area (Å²) in [5.74, 6) is -0.792. The Kier molecular flexibility index (Phi) is 3.85. The molecule has 88 valence electrons. The Balaban J connectivity index is 3.35. The van der Waals surface area contributed by atoms with Crippen LogP contribution in [0.3, 0.4) is 0 Å². The van der Waals surface area contributed by atoms with Crippen LogP contribution in [0.15, 0.2) is 16.6 Å². The van der Waals surface area contributed by atoms with Gasteiger partial charge in [-0.25, -0.2) is 4.79 Å². The van der Waals surface area contributed by atoms with Gasteiger partial charge in [0.15, 0.2) is 0 Å². The molecule has 0 saturated heterocycles. The molecule has 0 spiro atoms. The number of ether oxygens (including phenoxy) is 1. The smallest absolute Gasteiger partial charge is 0.417 e. The van der Waals surface area contributed by atoms with Crippen molar-refractivity contribution >= 4 is 33.5 Å². The second-order valence-electron chi connectivity index (χ2n) is 2.78. The zero-order valence-electron chi connectivity index (χ0n) is 7.86. The van der Waals surface area contributed by atoms with Crippen molar-refractivity contribution < 1.29 is 22.7 Å². The maximum absolute atomic E-state index is 12.4. The predicted molar refractivity (Wildman–Crippen MR) is 55.5 cm³/mol. The van der Waals surface area contributed by atoms with E-state index in [0.29, 0.717) is 0 Å². The fourth-order valence-corrected chi connectivity index (χ4v) is 1.85. The van der Waals surface area contributed by atoms with Gasteiger partial charge < -0.3 is 4.74 Å². The van der Waals surface area contributed by atoms with E-state index in [1.807, 2.05) is 0 Å². The quantitative estimate of drug-likeness (QED) is 0.734. The van der Waals surface area contributed by atoms with Crippen LogP contribution in [-0.4, -0.2) is 13.1 Å². The van der Waals surface area contributed by atoms with E-state index < -0.39 is 17.7 Å². The van der Waals surface area contributed by atoms with Gasteiger partial charge in [0.1, 0.15) is 0 Å². The normalized spacial score (nSPS) is 11.4. The molecular weight excluding hydrogens is 312 g/mol. The molecule has 0 aliphatic rings. The fourth-order valence-electron chi connectivity index (χ4n) is 1.04. The zero-order chi connectivity index (χ0) is 12.5. The highest BCUT2D eigenvalue weighted by Gasteiger charge is 2.34. The largest absolute Gasteiger partial charge is 0.465 e. The number of hydrogen-bond donors (Lipinski definition) is 0. The first-order valence-corrected chi connectivity index (χ1v) is 5.09. The van der Waals surface area contributed by atoms with Crippen molar-refractivity contribution in [1.82, 2.24) is 0 Å². The van der Waals surface area contributed by atoms with Gasteiger partial charge >= 0.3 is 12.1 Å². The molecule has 0 fully saturated rings. The summed E-state index contributed by atoms with van der Waals surface area (Å²) in [7, 11) is 1.12. The van der Waals surface area contributed by atoms with Gasteiger partial charge in [0, 0.05) is 4.47 Å². The average molecular weight is 317 g/mol. The maximum atomic E-state index is 12.4. The number of carbonyl (C=O) groups is 1. The fraction of sp³-hybridized carbons (Fsp3) is 0.222. The summed E-state index contributed by atoms with van der Waals surface area (Å²) in [6.07, 6.45) is -4.53. The van der Waals surface area contributed by atoms with Crippen LogP contribution in [-0.2, 0) is 10.9 Å². The number of rotatable bonds is 1. The Labute approximate surface area is 102 Å². The lowest BCUT2D eigenvalue weighted by Crippen LogP contribution is -2.09. The van der Waals surface area contributed by atoms with E-state index >= 15 is 0 Å². The monoisotopic (exact) mass is 316 g/mol. The van der Waals surface area contributed by atoms with Gasteiger partial charge in [-0.05, 0) is 28.1 Å². The molecule has 0 aromatic heterocycles. The van der Waals surface area contributed by atoms with Crippen molar-refractivity contribution in [2.24, 2.45) is 0 Å². The predicted octanol–water partition coefficient (Wildman–Crippen LogP) is 3.91. The van der Waals surface area contributed by atoms with E-state index in [4.69, 9.17) is 11.6 Å². The van der Waals surface area contributed by atoms with Gasteiger partial charge in [-0.15, -0.1) is 0 Å². The van der Waals surface area contributed by atoms with E-state index in [0.717, 1.165) is 19.2 Å². The molecule has 0 atom stereocenters. The Morgan fingerprint density at radius 1 is 1.44 bits per heavy atom. The van der Waals surface area contributed by atoms with Crippen molar-refractivity contribution in [3.63, 3.8) is 0 Å². The van der Waals surface area contributed by atoms with Crippen molar-refractivity contribution in [3.8, 4) is 0 Å². The van der Waals surface area contributed by atoms with Crippen LogP contribution in [0.1, 0.15) is 15.9 Å². The lowest BCUT2D eigenvalue weighted by atomic mass is 10.1. The molecule has 0 unspecified atom stereocenters. The molecule has 1 aromatic carbocycles. The van der Waals surface area contributed by atoms with Gasteiger partial charge in [-0.2, -0.15) is 13.2 Å². The number of methoxy groups -OCH3 is 1. The Bertz CT molecular complexity index is 431. The molecule has 2 nitrogen and oxygen atoms in total. The van der Waals surface area contributed by atoms with E-state index in [2.05, 4.69) is 20.7 Å². The molecule has 0 amide bonds. The van der Waals surface area contributed by atoms with Crippen molar-refractivity contribution in [3.05, 3.63) is 32.8 Å². The van der Waals surface area contributed by atoms with Crippen LogP contribution in [0.4, 0.5) is 13.2 Å². The van der Waals surface area contributed by atoms with E-state index in [-0.39, 0.29) is 15.1 Å². The first kappa shape index (κ1) is 13.3. The third-order valence-corrected chi connectivity index (χ3v) is 3.24. The van der Waals surface area contributed by atoms with E-state index in [9.17, 15) is 18.0 Å².